The Morgan fingerprint density at radius 2 is 1.34 bits per heavy atom. The monoisotopic (exact) mass is 953 g/mol. The van der Waals surface area contributed by atoms with Gasteiger partial charge in [0.05, 0.1) is 92.1 Å². The summed E-state index contributed by atoms with van der Waals surface area (Å²) in [5.41, 5.74) is 5.98. The second-order valence-electron chi connectivity index (χ2n) is 18.0. The topological polar surface area (TPSA) is 332 Å². The largest absolute Gasteiger partial charge is 0.462 e. The first kappa shape index (κ1) is 57.8. The third-order valence-corrected chi connectivity index (χ3v) is 11.6. The van der Waals surface area contributed by atoms with Crippen LogP contribution in [0.1, 0.15) is 78.6 Å². The first-order valence-electron chi connectivity index (χ1n) is 23.1. The molecule has 19 nitrogen and oxygen atoms in total. The minimum atomic E-state index is -2.30. The molecule has 0 spiro atoms. The zero-order valence-corrected chi connectivity index (χ0v) is 38.6. The van der Waals surface area contributed by atoms with Crippen LogP contribution in [0.5, 0.6) is 0 Å². The van der Waals surface area contributed by atoms with Crippen LogP contribution in [0.25, 0.3) is 0 Å². The Bertz CT molecular complexity index is 1690. The summed E-state index contributed by atoms with van der Waals surface area (Å²) in [6, 6.07) is -1.12. The number of hydrogen-bond donors (Lipinski definition) is 13. The van der Waals surface area contributed by atoms with Gasteiger partial charge in [-0.2, -0.15) is 0 Å². The summed E-state index contributed by atoms with van der Waals surface area (Å²) in [4.78, 5) is 26.0. The minimum Gasteiger partial charge on any atom is -0.462 e. The van der Waals surface area contributed by atoms with Gasteiger partial charge in [-0.05, 0) is 33.1 Å². The molecule has 3 rings (SSSR count). The molecule has 67 heavy (non-hydrogen) atoms. The van der Waals surface area contributed by atoms with Crippen LogP contribution in [0.2, 0.25) is 0 Å². The molecule has 3 aliphatic rings. The lowest BCUT2D eigenvalue weighted by atomic mass is 9.82. The zero-order valence-electron chi connectivity index (χ0n) is 38.6. The zero-order chi connectivity index (χ0) is 49.7. The number of hydrogen-bond acceptors (Lipinski definition) is 18. The van der Waals surface area contributed by atoms with Crippen molar-refractivity contribution in [2.75, 3.05) is 13.2 Å². The molecule has 14 N–H and O–H groups in total. The fourth-order valence-electron chi connectivity index (χ4n) is 7.88. The van der Waals surface area contributed by atoms with Crippen molar-refractivity contribution in [3.05, 3.63) is 85.1 Å². The molecule has 2 bridgehead atoms. The third-order valence-electron chi connectivity index (χ3n) is 11.6. The molecule has 19 heteroatoms. The van der Waals surface area contributed by atoms with E-state index >= 15 is 0 Å². The molecule has 380 valence electrons. The highest BCUT2D eigenvalue weighted by Crippen LogP contribution is 2.38. The second-order valence-corrected chi connectivity index (χ2v) is 18.0. The molecule has 0 aliphatic carbocycles. The van der Waals surface area contributed by atoms with Gasteiger partial charge < -0.3 is 86.2 Å². The molecule has 0 aromatic rings. The van der Waals surface area contributed by atoms with Gasteiger partial charge in [0, 0.05) is 44.6 Å². The molecule has 2 saturated heterocycles. The number of rotatable bonds is 5. The van der Waals surface area contributed by atoms with Gasteiger partial charge in [0.1, 0.15) is 12.2 Å². The van der Waals surface area contributed by atoms with Crippen molar-refractivity contribution in [2.24, 2.45) is 17.6 Å². The third kappa shape index (κ3) is 21.4. The maximum Gasteiger partial charge on any atom is 0.308 e. The Morgan fingerprint density at radius 1 is 0.746 bits per heavy atom. The lowest BCUT2D eigenvalue weighted by molar-refractivity contribution is -0.304. The van der Waals surface area contributed by atoms with Gasteiger partial charge in [-0.3, -0.25) is 9.59 Å². The molecule has 0 radical (unpaired) electrons. The summed E-state index contributed by atoms with van der Waals surface area (Å²) < 4.78 is 23.1. The van der Waals surface area contributed by atoms with Crippen molar-refractivity contribution in [2.45, 2.75) is 176 Å². The van der Waals surface area contributed by atoms with Gasteiger partial charge in [0.25, 0.3) is 0 Å². The number of amides is 1. The van der Waals surface area contributed by atoms with Crippen molar-refractivity contribution < 1.29 is 84.7 Å². The Morgan fingerprint density at radius 3 is 1.96 bits per heavy atom. The van der Waals surface area contributed by atoms with E-state index in [0.29, 0.717) is 0 Å². The Labute approximate surface area is 392 Å². The molecule has 0 aromatic heterocycles. The highest BCUT2D eigenvalue weighted by atomic mass is 16.7. The van der Waals surface area contributed by atoms with Gasteiger partial charge >= 0.3 is 5.97 Å². The van der Waals surface area contributed by atoms with Crippen LogP contribution in [0.3, 0.4) is 0 Å². The normalized spacial score (nSPS) is 42.7. The molecular weight excluding hydrogens is 877 g/mol. The van der Waals surface area contributed by atoms with Gasteiger partial charge in [0.15, 0.2) is 12.1 Å². The second kappa shape index (κ2) is 29.5. The van der Waals surface area contributed by atoms with E-state index in [4.69, 9.17) is 24.7 Å². The SMILES string of the molecule is CC(O)CNC(=O)[C@H]1[C@@H]2CC(O[C@@H]3OC[C@@H](O)[C@H](N)[C@@H]3O)/C=C/C=C/C=C/C=C/C=C/C=C/C=C/[C@H](C)[C@@H](O)C[C@H](C)OC(=O)CC(O)CC(O)CC[C@@H](O)C(O)CC(O)CC(O)(C[C@@H]1O)O2. The maximum absolute atomic E-state index is 13.5. The standard InChI is InChI=1S/C48H76N2O17/c1-29-16-14-12-10-8-6-4-5-7-9-11-13-15-17-35(66-47-45(61)44(49)40(59)28-64-47)24-41-43(46(62)50-27-30(2)51)39(58)26-48(63,67-41)25-34(54)22-38(57)36(55)19-18-32(52)21-33(53)23-42(60)65-31(3)20-37(29)56/h4-17,29-41,43-45,47,51-59,61,63H,18-28,49H2,1-3H3,(H,50,62)/b5-4+,8-6+,9-7+,12-10+,13-11+,16-14+,17-15+/t29-,30?,31-,32?,33?,34?,35?,36+,37-,38?,39-,40+,41-,43+,44-,45-,47-,48?/m0/s1. The summed E-state index contributed by atoms with van der Waals surface area (Å²) >= 11 is 0. The fourth-order valence-corrected chi connectivity index (χ4v) is 7.88. The number of carbonyl (C=O) groups is 2. The number of nitrogens with one attached hydrogen (secondary N) is 1. The van der Waals surface area contributed by atoms with E-state index in [9.17, 15) is 65.8 Å². The van der Waals surface area contributed by atoms with E-state index in [1.165, 1.54) is 6.92 Å². The number of nitrogens with two attached hydrogens (primary N) is 1. The molecule has 18 atom stereocenters. The Kier molecular flexibility index (Phi) is 25.5. The van der Waals surface area contributed by atoms with Crippen LogP contribution in [-0.4, -0.2) is 179 Å². The lowest BCUT2D eigenvalue weighted by Gasteiger charge is -2.45. The van der Waals surface area contributed by atoms with E-state index in [-0.39, 0.29) is 51.2 Å². The molecule has 7 unspecified atom stereocenters. The first-order valence-corrected chi connectivity index (χ1v) is 23.1. The summed E-state index contributed by atoms with van der Waals surface area (Å²) in [5, 5.41) is 121. The molecule has 1 amide bonds. The van der Waals surface area contributed by atoms with Crippen LogP contribution in [-0.2, 0) is 28.5 Å². The van der Waals surface area contributed by atoms with E-state index in [1.807, 2.05) is 25.2 Å². The van der Waals surface area contributed by atoms with Gasteiger partial charge in [-0.25, -0.2) is 0 Å². The minimum absolute atomic E-state index is 0.101. The summed E-state index contributed by atoms with van der Waals surface area (Å²) in [6.07, 6.45) is 4.32. The van der Waals surface area contributed by atoms with E-state index in [1.54, 1.807) is 73.8 Å². The van der Waals surface area contributed by atoms with Crippen molar-refractivity contribution in [1.82, 2.24) is 5.32 Å². The van der Waals surface area contributed by atoms with Crippen LogP contribution >= 0.6 is 0 Å². The Hall–Kier alpha value is -3.48. The van der Waals surface area contributed by atoms with E-state index in [2.05, 4.69) is 5.32 Å². The summed E-state index contributed by atoms with van der Waals surface area (Å²) in [5.74, 6) is -5.35. The summed E-state index contributed by atoms with van der Waals surface area (Å²) in [6.45, 7) is 4.46. The maximum atomic E-state index is 13.5. The summed E-state index contributed by atoms with van der Waals surface area (Å²) in [7, 11) is 0. The average molecular weight is 953 g/mol. The van der Waals surface area contributed by atoms with E-state index in [0.717, 1.165) is 0 Å². The van der Waals surface area contributed by atoms with Crippen LogP contribution in [0.4, 0.5) is 0 Å². The highest BCUT2D eigenvalue weighted by Gasteiger charge is 2.50. The predicted octanol–water partition coefficient (Wildman–Crippen LogP) is -0.510. The smallest absolute Gasteiger partial charge is 0.308 e. The number of allylic oxidation sites excluding steroid dienone is 12. The molecular formula is C48H76N2O17. The average Bonchev–Trinajstić information content (AvgIpc) is 3.23. The molecule has 3 heterocycles. The van der Waals surface area contributed by atoms with Gasteiger partial charge in [-0.15, -0.1) is 0 Å². The number of cyclic esters (lactones) is 1. The van der Waals surface area contributed by atoms with Crippen LogP contribution < -0.4 is 11.1 Å². The highest BCUT2D eigenvalue weighted by molar-refractivity contribution is 5.80. The molecule has 0 aromatic carbocycles. The van der Waals surface area contributed by atoms with Crippen LogP contribution in [0.15, 0.2) is 85.1 Å². The quantitative estimate of drug-likeness (QED) is 0.154. The predicted molar refractivity (Wildman–Crippen MR) is 245 cm³/mol. The molecule has 0 saturated carbocycles. The number of aliphatic hydroxyl groups excluding tert-OH is 10. The number of aliphatic hydroxyl groups is 11. The van der Waals surface area contributed by atoms with Gasteiger partial charge in [0.2, 0.25) is 5.91 Å². The van der Waals surface area contributed by atoms with Crippen molar-refractivity contribution >= 4 is 11.9 Å². The number of fused-ring (bicyclic) bond motifs is 2. The molecule has 3 aliphatic heterocycles. The van der Waals surface area contributed by atoms with Gasteiger partial charge in [-0.1, -0.05) is 92.0 Å². The van der Waals surface area contributed by atoms with Crippen molar-refractivity contribution in [3.63, 3.8) is 0 Å². The van der Waals surface area contributed by atoms with Crippen molar-refractivity contribution in [1.29, 1.82) is 0 Å². The van der Waals surface area contributed by atoms with E-state index < -0.39 is 141 Å². The number of carbonyl (C=O) groups excluding carboxylic acids is 2. The lowest BCUT2D eigenvalue weighted by Crippen LogP contribution is -2.59. The Balaban J connectivity index is 1.89. The number of ether oxygens (including phenoxy) is 4. The van der Waals surface area contributed by atoms with Crippen LogP contribution in [0, 0.1) is 11.8 Å². The number of esters is 1. The fraction of sp³-hybridized carbons (Fsp3) is 0.667. The first-order chi connectivity index (χ1) is 31.7. The molecule has 2 fully saturated rings. The van der Waals surface area contributed by atoms with Crippen molar-refractivity contribution in [3.8, 4) is 0 Å².